The second-order valence-corrected chi connectivity index (χ2v) is 7.76. The van der Waals surface area contributed by atoms with Crippen LogP contribution in [0.4, 0.5) is 0 Å². The first-order valence-corrected chi connectivity index (χ1v) is 9.53. The van der Waals surface area contributed by atoms with Gasteiger partial charge < -0.3 is 9.47 Å². The lowest BCUT2D eigenvalue weighted by atomic mass is 9.86. The molecule has 0 saturated heterocycles. The first-order valence-electron chi connectivity index (χ1n) is 9.53. The maximum atomic E-state index is 12.9. The highest BCUT2D eigenvalue weighted by molar-refractivity contribution is 6.03. The first-order chi connectivity index (χ1) is 13.3. The number of carbonyl (C=O) groups is 2. The van der Waals surface area contributed by atoms with Gasteiger partial charge in [0.05, 0.1) is 11.1 Å². The maximum absolute atomic E-state index is 12.9. The van der Waals surface area contributed by atoms with Gasteiger partial charge in [0, 0.05) is 11.8 Å². The smallest absolute Gasteiger partial charge is 0.339 e. The van der Waals surface area contributed by atoms with Gasteiger partial charge in [-0.05, 0) is 38.1 Å². The fourth-order valence-corrected chi connectivity index (χ4v) is 3.24. The van der Waals surface area contributed by atoms with Crippen LogP contribution in [0.2, 0.25) is 0 Å². The molecule has 0 aromatic heterocycles. The summed E-state index contributed by atoms with van der Waals surface area (Å²) in [5.41, 5.74) is -1.12. The fraction of sp³-hybridized carbons (Fsp3) is 0.333. The molecule has 0 bridgehead atoms. The Kier molecular flexibility index (Phi) is 5.41. The molecule has 4 unspecified atom stereocenters. The number of rotatable bonds is 4. The van der Waals surface area contributed by atoms with Gasteiger partial charge in [0.25, 0.3) is 0 Å². The highest BCUT2D eigenvalue weighted by atomic mass is 16.6. The molecule has 28 heavy (non-hydrogen) atoms. The van der Waals surface area contributed by atoms with Crippen LogP contribution < -0.4 is 0 Å². The Labute approximate surface area is 166 Å². The third-order valence-corrected chi connectivity index (χ3v) is 5.68. The Morgan fingerprint density at radius 3 is 1.50 bits per heavy atom. The van der Waals surface area contributed by atoms with E-state index in [0.717, 1.165) is 0 Å². The average Bonchev–Trinajstić information content (AvgIpc) is 2.66. The van der Waals surface area contributed by atoms with Gasteiger partial charge >= 0.3 is 11.9 Å². The Bertz CT molecular complexity index is 819. The van der Waals surface area contributed by atoms with Crippen LogP contribution in [0.25, 0.3) is 0 Å². The van der Waals surface area contributed by atoms with Gasteiger partial charge in [-0.1, -0.05) is 62.4 Å². The zero-order valence-corrected chi connectivity index (χ0v) is 16.7. The molecule has 0 saturated carbocycles. The van der Waals surface area contributed by atoms with E-state index >= 15 is 0 Å². The summed E-state index contributed by atoms with van der Waals surface area (Å²) in [5, 5.41) is 0. The minimum atomic E-state index is -0.764. The average molecular weight is 378 g/mol. The van der Waals surface area contributed by atoms with Gasteiger partial charge in [-0.25, -0.2) is 9.59 Å². The van der Waals surface area contributed by atoms with E-state index in [0.29, 0.717) is 0 Å². The van der Waals surface area contributed by atoms with Crippen LogP contribution in [0.3, 0.4) is 0 Å². The third-order valence-electron chi connectivity index (χ3n) is 5.68. The molecule has 4 nitrogen and oxygen atoms in total. The van der Waals surface area contributed by atoms with Crippen molar-refractivity contribution in [1.29, 1.82) is 0 Å². The van der Waals surface area contributed by atoms with Gasteiger partial charge in [0.2, 0.25) is 0 Å². The molecule has 0 spiro atoms. The Hall–Kier alpha value is -2.88. The lowest BCUT2D eigenvalue weighted by molar-refractivity contribution is -0.00760. The predicted octanol–water partition coefficient (Wildman–Crippen LogP) is 5.04. The lowest BCUT2D eigenvalue weighted by Gasteiger charge is -2.33. The van der Waals surface area contributed by atoms with Crippen molar-refractivity contribution in [2.24, 2.45) is 11.8 Å². The molecule has 0 fully saturated rings. The molecule has 1 aromatic carbocycles. The van der Waals surface area contributed by atoms with Crippen LogP contribution in [-0.4, -0.2) is 23.1 Å². The SMILES string of the molecule is CC1C=CC=CC1(C)OC(=O)c1ccccc1C(=O)OC1(C)C=CC=CC1C. The molecule has 4 heteroatoms. The van der Waals surface area contributed by atoms with Crippen molar-refractivity contribution in [3.63, 3.8) is 0 Å². The maximum Gasteiger partial charge on any atom is 0.339 e. The molecule has 0 radical (unpaired) electrons. The van der Waals surface area contributed by atoms with Crippen molar-refractivity contribution in [1.82, 2.24) is 0 Å². The Morgan fingerprint density at radius 1 is 0.750 bits per heavy atom. The van der Waals surface area contributed by atoms with E-state index in [-0.39, 0.29) is 23.0 Å². The van der Waals surface area contributed by atoms with Crippen molar-refractivity contribution >= 4 is 11.9 Å². The molecule has 0 heterocycles. The van der Waals surface area contributed by atoms with E-state index in [1.807, 2.05) is 76.3 Å². The van der Waals surface area contributed by atoms with Gasteiger partial charge in [0.1, 0.15) is 11.2 Å². The summed E-state index contributed by atoms with van der Waals surface area (Å²) in [4.78, 5) is 25.8. The number of benzene rings is 1. The number of carbonyl (C=O) groups excluding carboxylic acids is 2. The zero-order chi connectivity index (χ0) is 20.4. The summed E-state index contributed by atoms with van der Waals surface area (Å²) in [7, 11) is 0. The number of hydrogen-bond acceptors (Lipinski definition) is 4. The van der Waals surface area contributed by atoms with Gasteiger partial charge in [0.15, 0.2) is 0 Å². The molecule has 146 valence electrons. The molecule has 4 atom stereocenters. The molecule has 2 aliphatic carbocycles. The topological polar surface area (TPSA) is 52.6 Å². The van der Waals surface area contributed by atoms with E-state index in [9.17, 15) is 9.59 Å². The van der Waals surface area contributed by atoms with Gasteiger partial charge in [-0.15, -0.1) is 0 Å². The number of ether oxygens (including phenoxy) is 2. The summed E-state index contributed by atoms with van der Waals surface area (Å²) in [6, 6.07) is 6.61. The molecule has 0 N–H and O–H groups in total. The molecule has 2 aliphatic rings. The van der Waals surface area contributed by atoms with Crippen molar-refractivity contribution < 1.29 is 19.1 Å². The minimum absolute atomic E-state index is 0.0273. The minimum Gasteiger partial charge on any atom is -0.451 e. The lowest BCUT2D eigenvalue weighted by Crippen LogP contribution is -2.38. The van der Waals surface area contributed by atoms with Crippen LogP contribution in [0.15, 0.2) is 72.9 Å². The molecule has 0 aliphatic heterocycles. The largest absolute Gasteiger partial charge is 0.451 e. The van der Waals surface area contributed by atoms with E-state index in [2.05, 4.69) is 0 Å². The molecule has 3 rings (SSSR count). The van der Waals surface area contributed by atoms with Crippen molar-refractivity contribution in [3.05, 3.63) is 84.0 Å². The van der Waals surface area contributed by atoms with Crippen LogP contribution >= 0.6 is 0 Å². The molecular formula is C24H26O4. The standard InChI is InChI=1S/C24H26O4/c1-17-11-7-9-15-23(17,3)27-21(25)19-13-5-6-14-20(19)22(26)28-24(4)16-10-8-12-18(24)2/h5-18H,1-4H3. The van der Waals surface area contributed by atoms with E-state index in [1.54, 1.807) is 24.3 Å². The van der Waals surface area contributed by atoms with Crippen LogP contribution in [0.5, 0.6) is 0 Å². The summed E-state index contributed by atoms with van der Waals surface area (Å²) in [6.45, 7) is 7.69. The molecular weight excluding hydrogens is 352 g/mol. The monoisotopic (exact) mass is 378 g/mol. The van der Waals surface area contributed by atoms with Crippen LogP contribution in [0, 0.1) is 11.8 Å². The van der Waals surface area contributed by atoms with Crippen molar-refractivity contribution in [2.45, 2.75) is 38.9 Å². The van der Waals surface area contributed by atoms with Gasteiger partial charge in [-0.3, -0.25) is 0 Å². The van der Waals surface area contributed by atoms with Crippen LogP contribution in [-0.2, 0) is 9.47 Å². The quantitative estimate of drug-likeness (QED) is 0.689. The third kappa shape index (κ3) is 3.86. The summed E-state index contributed by atoms with van der Waals surface area (Å²) in [5.74, 6) is -1.03. The van der Waals surface area contributed by atoms with E-state index in [1.165, 1.54) is 0 Å². The summed E-state index contributed by atoms with van der Waals surface area (Å²) in [6.07, 6.45) is 15.3. The predicted molar refractivity (Wildman–Crippen MR) is 109 cm³/mol. The zero-order valence-electron chi connectivity index (χ0n) is 16.7. The highest BCUT2D eigenvalue weighted by Gasteiger charge is 2.36. The second kappa shape index (κ2) is 7.63. The van der Waals surface area contributed by atoms with E-state index < -0.39 is 23.1 Å². The number of allylic oxidation sites excluding steroid dienone is 4. The number of esters is 2. The van der Waals surface area contributed by atoms with Crippen molar-refractivity contribution in [2.75, 3.05) is 0 Å². The normalized spacial score (nSPS) is 30.9. The second-order valence-electron chi connectivity index (χ2n) is 7.76. The Morgan fingerprint density at radius 2 is 1.14 bits per heavy atom. The van der Waals surface area contributed by atoms with E-state index in [4.69, 9.17) is 9.47 Å². The van der Waals surface area contributed by atoms with Gasteiger partial charge in [-0.2, -0.15) is 0 Å². The van der Waals surface area contributed by atoms with Crippen molar-refractivity contribution in [3.8, 4) is 0 Å². The molecule has 0 amide bonds. The highest BCUT2D eigenvalue weighted by Crippen LogP contribution is 2.31. The first kappa shape index (κ1) is 19.9. The van der Waals surface area contributed by atoms with Crippen LogP contribution in [0.1, 0.15) is 48.4 Å². The summed E-state index contributed by atoms with van der Waals surface area (Å²) < 4.78 is 11.6. The fourth-order valence-electron chi connectivity index (χ4n) is 3.24. The summed E-state index contributed by atoms with van der Waals surface area (Å²) >= 11 is 0. The number of hydrogen-bond donors (Lipinski definition) is 0. The Balaban J connectivity index is 1.83. The molecule has 1 aromatic rings.